The summed E-state index contributed by atoms with van der Waals surface area (Å²) in [6.07, 6.45) is 0. The summed E-state index contributed by atoms with van der Waals surface area (Å²) in [6, 6.07) is 7.51. The first-order chi connectivity index (χ1) is 9.31. The van der Waals surface area contributed by atoms with Crippen LogP contribution in [0.5, 0.6) is 0 Å². The molecule has 0 saturated carbocycles. The van der Waals surface area contributed by atoms with E-state index < -0.39 is 16.0 Å². The number of hydrogen-bond donors (Lipinski definition) is 2. The van der Waals surface area contributed by atoms with Crippen molar-refractivity contribution in [1.29, 1.82) is 0 Å². The molecule has 0 aliphatic rings. The Bertz CT molecular complexity index is 768. The van der Waals surface area contributed by atoms with Crippen LogP contribution in [0.3, 0.4) is 0 Å². The summed E-state index contributed by atoms with van der Waals surface area (Å²) < 4.78 is 26.7. The van der Waals surface area contributed by atoms with E-state index in [0.717, 1.165) is 11.3 Å². The number of sulfonamides is 1. The van der Waals surface area contributed by atoms with E-state index in [1.54, 1.807) is 19.1 Å². The topological polar surface area (TPSA) is 83.5 Å². The number of anilines is 1. The summed E-state index contributed by atoms with van der Waals surface area (Å²) in [5.41, 5.74) is 0.499. The number of rotatable bonds is 4. The van der Waals surface area contributed by atoms with Gasteiger partial charge in [-0.05, 0) is 30.7 Å². The highest BCUT2D eigenvalue weighted by atomic mass is 35.5. The first kappa shape index (κ1) is 14.8. The number of aromatic carboxylic acids is 1. The third kappa shape index (κ3) is 2.95. The summed E-state index contributed by atoms with van der Waals surface area (Å²) in [7, 11) is -3.84. The van der Waals surface area contributed by atoms with Gasteiger partial charge in [0.05, 0.1) is 5.02 Å². The van der Waals surface area contributed by atoms with Crippen LogP contribution in [0.15, 0.2) is 35.2 Å². The number of carboxylic acid groups (broad SMARTS) is 1. The first-order valence-electron chi connectivity index (χ1n) is 5.42. The number of thiophene rings is 1. The lowest BCUT2D eigenvalue weighted by molar-refractivity contribution is 0.0701. The molecule has 106 valence electrons. The van der Waals surface area contributed by atoms with Crippen LogP contribution in [0.25, 0.3) is 0 Å². The van der Waals surface area contributed by atoms with Gasteiger partial charge in [0.1, 0.15) is 14.8 Å². The minimum Gasteiger partial charge on any atom is -0.477 e. The standard InChI is InChI=1S/C12H10ClNO4S2/c1-7-6-10(19-11(7)12(15)16)14-20(17,18)9-5-3-2-4-8(9)13/h2-6,14H,1H3,(H,15,16). The van der Waals surface area contributed by atoms with E-state index in [4.69, 9.17) is 16.7 Å². The molecular weight excluding hydrogens is 322 g/mol. The third-order valence-corrected chi connectivity index (χ3v) is 5.61. The van der Waals surface area contributed by atoms with Crippen LogP contribution >= 0.6 is 22.9 Å². The van der Waals surface area contributed by atoms with E-state index >= 15 is 0 Å². The van der Waals surface area contributed by atoms with Gasteiger partial charge in [0, 0.05) is 0 Å². The van der Waals surface area contributed by atoms with E-state index in [-0.39, 0.29) is 19.8 Å². The molecule has 1 aromatic heterocycles. The Labute approximate surface area is 124 Å². The largest absolute Gasteiger partial charge is 0.477 e. The van der Waals surface area contributed by atoms with Gasteiger partial charge in [-0.2, -0.15) is 0 Å². The SMILES string of the molecule is Cc1cc(NS(=O)(=O)c2ccccc2Cl)sc1C(=O)O. The van der Waals surface area contributed by atoms with Gasteiger partial charge in [0.15, 0.2) is 0 Å². The molecule has 20 heavy (non-hydrogen) atoms. The molecule has 2 aromatic rings. The quantitative estimate of drug-likeness (QED) is 0.901. The molecule has 2 rings (SSSR count). The number of aryl methyl sites for hydroxylation is 1. The van der Waals surface area contributed by atoms with Crippen molar-refractivity contribution in [3.05, 3.63) is 45.8 Å². The van der Waals surface area contributed by atoms with Crippen LogP contribution in [-0.4, -0.2) is 19.5 Å². The summed E-state index contributed by atoms with van der Waals surface area (Å²) in [5, 5.41) is 9.29. The van der Waals surface area contributed by atoms with Crippen molar-refractivity contribution in [3.63, 3.8) is 0 Å². The second kappa shape index (κ2) is 5.43. The van der Waals surface area contributed by atoms with E-state index in [1.807, 2.05) is 0 Å². The summed E-state index contributed by atoms with van der Waals surface area (Å²) in [6.45, 7) is 1.60. The molecule has 0 bridgehead atoms. The second-order valence-corrected chi connectivity index (χ2v) is 7.07. The molecule has 1 aromatic carbocycles. The Hall–Kier alpha value is -1.57. The fraction of sp³-hybridized carbons (Fsp3) is 0.0833. The van der Waals surface area contributed by atoms with E-state index in [9.17, 15) is 13.2 Å². The predicted octanol–water partition coefficient (Wildman–Crippen LogP) is 3.21. The van der Waals surface area contributed by atoms with Crippen molar-refractivity contribution < 1.29 is 18.3 Å². The Morgan fingerprint density at radius 2 is 2.00 bits per heavy atom. The zero-order valence-corrected chi connectivity index (χ0v) is 12.6. The van der Waals surface area contributed by atoms with Gasteiger partial charge in [0.2, 0.25) is 0 Å². The maximum atomic E-state index is 12.2. The molecule has 0 spiro atoms. The van der Waals surface area contributed by atoms with E-state index in [2.05, 4.69) is 4.72 Å². The van der Waals surface area contributed by atoms with Gasteiger partial charge in [-0.25, -0.2) is 13.2 Å². The lowest BCUT2D eigenvalue weighted by Gasteiger charge is -2.07. The van der Waals surface area contributed by atoms with Crippen LogP contribution in [0.1, 0.15) is 15.2 Å². The highest BCUT2D eigenvalue weighted by molar-refractivity contribution is 7.93. The van der Waals surface area contributed by atoms with Crippen molar-refractivity contribution in [2.75, 3.05) is 4.72 Å². The highest BCUT2D eigenvalue weighted by Gasteiger charge is 2.20. The molecule has 0 saturated heterocycles. The molecule has 2 N–H and O–H groups in total. The summed E-state index contributed by atoms with van der Waals surface area (Å²) >= 11 is 6.71. The number of carbonyl (C=O) groups is 1. The number of hydrogen-bond acceptors (Lipinski definition) is 4. The second-order valence-electron chi connectivity index (χ2n) is 3.96. The highest BCUT2D eigenvalue weighted by Crippen LogP contribution is 2.30. The first-order valence-corrected chi connectivity index (χ1v) is 8.10. The third-order valence-electron chi connectivity index (χ3n) is 2.47. The molecule has 0 fully saturated rings. The molecule has 0 aliphatic heterocycles. The molecule has 1 heterocycles. The zero-order valence-electron chi connectivity index (χ0n) is 10.3. The van der Waals surface area contributed by atoms with E-state index in [0.29, 0.717) is 5.56 Å². The monoisotopic (exact) mass is 331 g/mol. The molecule has 0 aliphatic carbocycles. The van der Waals surface area contributed by atoms with Crippen LogP contribution in [0.4, 0.5) is 5.00 Å². The molecule has 8 heteroatoms. The average molecular weight is 332 g/mol. The Morgan fingerprint density at radius 1 is 1.35 bits per heavy atom. The number of carboxylic acids is 1. The van der Waals surface area contributed by atoms with Gasteiger partial charge in [0.25, 0.3) is 10.0 Å². The molecule has 0 unspecified atom stereocenters. The van der Waals surface area contributed by atoms with Gasteiger partial charge < -0.3 is 5.11 Å². The average Bonchev–Trinajstić information content (AvgIpc) is 2.69. The number of benzene rings is 1. The van der Waals surface area contributed by atoms with Crippen LogP contribution in [0.2, 0.25) is 5.02 Å². The van der Waals surface area contributed by atoms with Crippen molar-refractivity contribution in [3.8, 4) is 0 Å². The maximum absolute atomic E-state index is 12.2. The minimum atomic E-state index is -3.84. The lowest BCUT2D eigenvalue weighted by atomic mass is 10.3. The van der Waals surface area contributed by atoms with Crippen LogP contribution < -0.4 is 4.72 Å². The zero-order chi connectivity index (χ0) is 14.9. The Morgan fingerprint density at radius 3 is 2.55 bits per heavy atom. The predicted molar refractivity (Wildman–Crippen MR) is 78.3 cm³/mol. The summed E-state index contributed by atoms with van der Waals surface area (Å²) in [5.74, 6) is -1.09. The summed E-state index contributed by atoms with van der Waals surface area (Å²) in [4.78, 5) is 11.0. The fourth-order valence-corrected chi connectivity index (χ4v) is 4.31. The van der Waals surface area contributed by atoms with Crippen molar-refractivity contribution >= 4 is 43.9 Å². The van der Waals surface area contributed by atoms with Gasteiger partial charge >= 0.3 is 5.97 Å². The van der Waals surface area contributed by atoms with Gasteiger partial charge in [-0.1, -0.05) is 23.7 Å². The van der Waals surface area contributed by atoms with Gasteiger partial charge in [-0.15, -0.1) is 11.3 Å². The minimum absolute atomic E-state index is 0.0513. The number of nitrogens with one attached hydrogen (secondary N) is 1. The molecule has 0 amide bonds. The van der Waals surface area contributed by atoms with Gasteiger partial charge in [-0.3, -0.25) is 4.72 Å². The van der Waals surface area contributed by atoms with Crippen LogP contribution in [-0.2, 0) is 10.0 Å². The molecule has 0 radical (unpaired) electrons. The fourth-order valence-electron chi connectivity index (χ4n) is 1.59. The Balaban J connectivity index is 2.37. The van der Waals surface area contributed by atoms with Crippen molar-refractivity contribution in [1.82, 2.24) is 0 Å². The molecule has 5 nitrogen and oxygen atoms in total. The lowest BCUT2D eigenvalue weighted by Crippen LogP contribution is -2.12. The smallest absolute Gasteiger partial charge is 0.346 e. The van der Waals surface area contributed by atoms with Crippen molar-refractivity contribution in [2.45, 2.75) is 11.8 Å². The Kier molecular flexibility index (Phi) is 4.03. The molecule has 0 atom stereocenters. The number of halogens is 1. The molecular formula is C12H10ClNO4S2. The van der Waals surface area contributed by atoms with Crippen LogP contribution in [0, 0.1) is 6.92 Å². The normalized spacial score (nSPS) is 11.3. The van der Waals surface area contributed by atoms with E-state index in [1.165, 1.54) is 18.2 Å². The van der Waals surface area contributed by atoms with Crippen molar-refractivity contribution in [2.24, 2.45) is 0 Å². The maximum Gasteiger partial charge on any atom is 0.346 e.